The second kappa shape index (κ2) is 8.30. The molecular weight excluding hydrogens is 376 g/mol. The number of para-hydroxylation sites is 2. The first-order valence-electron chi connectivity index (χ1n) is 10.6. The Labute approximate surface area is 176 Å². The fourth-order valence-electron chi connectivity index (χ4n) is 4.35. The summed E-state index contributed by atoms with van der Waals surface area (Å²) in [4.78, 5) is 33.0. The van der Waals surface area contributed by atoms with Crippen LogP contribution >= 0.6 is 0 Å². The number of carbonyl (C=O) groups excluding carboxylic acids is 1. The first kappa shape index (κ1) is 20.1. The van der Waals surface area contributed by atoms with E-state index in [1.54, 1.807) is 4.57 Å². The highest BCUT2D eigenvalue weighted by molar-refractivity contribution is 5.93. The molecule has 0 atom stereocenters. The van der Waals surface area contributed by atoms with Crippen LogP contribution in [0.3, 0.4) is 0 Å². The van der Waals surface area contributed by atoms with Gasteiger partial charge in [-0.3, -0.25) is 14.2 Å². The highest BCUT2D eigenvalue weighted by atomic mass is 16.2. The first-order valence-corrected chi connectivity index (χ1v) is 10.6. The zero-order chi connectivity index (χ0) is 21.3. The third-order valence-corrected chi connectivity index (χ3v) is 5.73. The molecule has 2 aromatic carbocycles. The van der Waals surface area contributed by atoms with Crippen LogP contribution in [0.2, 0.25) is 0 Å². The van der Waals surface area contributed by atoms with Gasteiger partial charge in [0.05, 0.1) is 11.0 Å². The summed E-state index contributed by atoms with van der Waals surface area (Å²) in [6.45, 7) is 7.62. The molecule has 4 rings (SSSR count). The molecule has 30 heavy (non-hydrogen) atoms. The Morgan fingerprint density at radius 3 is 2.40 bits per heavy atom. The largest absolute Gasteiger partial charge is 0.352 e. The van der Waals surface area contributed by atoms with Crippen molar-refractivity contribution in [1.29, 1.82) is 0 Å². The maximum atomic E-state index is 13.3. The lowest BCUT2D eigenvalue weighted by Crippen LogP contribution is -2.38. The smallest absolute Gasteiger partial charge is 0.294 e. The van der Waals surface area contributed by atoms with Crippen molar-refractivity contribution in [2.45, 2.75) is 46.6 Å². The lowest BCUT2D eigenvalue weighted by molar-refractivity contribution is -0.116. The van der Waals surface area contributed by atoms with Crippen LogP contribution in [0.5, 0.6) is 0 Å². The number of rotatable bonds is 4. The topological polar surface area (TPSA) is 67.2 Å². The minimum Gasteiger partial charge on any atom is -0.352 e. The first-order chi connectivity index (χ1) is 14.4. The van der Waals surface area contributed by atoms with Crippen LogP contribution in [-0.2, 0) is 11.3 Å². The number of nitrogens with zero attached hydrogens (tertiary/aromatic N) is 3. The molecule has 156 valence electrons. The second-order valence-corrected chi connectivity index (χ2v) is 8.19. The van der Waals surface area contributed by atoms with Crippen LogP contribution in [0.25, 0.3) is 11.0 Å². The van der Waals surface area contributed by atoms with E-state index in [0.717, 1.165) is 53.8 Å². The molecule has 0 spiro atoms. The highest BCUT2D eigenvalue weighted by Gasteiger charge is 2.20. The van der Waals surface area contributed by atoms with E-state index in [9.17, 15) is 9.59 Å². The Morgan fingerprint density at radius 2 is 1.70 bits per heavy atom. The van der Waals surface area contributed by atoms with Crippen molar-refractivity contribution in [2.24, 2.45) is 0 Å². The number of hydrogen-bond donors (Lipinski definition) is 1. The fraction of sp³-hybridized carbons (Fsp3) is 0.375. The summed E-state index contributed by atoms with van der Waals surface area (Å²) in [6.07, 6.45) is 3.29. The van der Waals surface area contributed by atoms with E-state index in [-0.39, 0.29) is 18.0 Å². The van der Waals surface area contributed by atoms with Crippen molar-refractivity contribution >= 4 is 28.4 Å². The van der Waals surface area contributed by atoms with E-state index in [4.69, 9.17) is 0 Å². The van der Waals surface area contributed by atoms with Gasteiger partial charge in [0, 0.05) is 18.8 Å². The van der Waals surface area contributed by atoms with Gasteiger partial charge in [-0.2, -0.15) is 0 Å². The lowest BCUT2D eigenvalue weighted by Gasteiger charge is -2.27. The third-order valence-electron chi connectivity index (χ3n) is 5.73. The molecule has 1 aliphatic heterocycles. The number of aromatic nitrogens is 2. The van der Waals surface area contributed by atoms with E-state index in [0.29, 0.717) is 11.3 Å². The molecule has 0 radical (unpaired) electrons. The third kappa shape index (κ3) is 3.95. The van der Waals surface area contributed by atoms with Gasteiger partial charge < -0.3 is 10.2 Å². The quantitative estimate of drug-likeness (QED) is 0.715. The lowest BCUT2D eigenvalue weighted by atomic mass is 10.1. The van der Waals surface area contributed by atoms with E-state index >= 15 is 0 Å². The second-order valence-electron chi connectivity index (χ2n) is 8.19. The Morgan fingerprint density at radius 1 is 1.03 bits per heavy atom. The van der Waals surface area contributed by atoms with Gasteiger partial charge in [-0.25, -0.2) is 4.98 Å². The summed E-state index contributed by atoms with van der Waals surface area (Å²) in [6, 6.07) is 11.6. The van der Waals surface area contributed by atoms with Crippen LogP contribution in [0.1, 0.15) is 36.0 Å². The SMILES string of the molecule is Cc1cc(C)c(NC(=O)Cn2c(=O)c(N3CCCCC3)nc3ccccc32)c(C)c1. The maximum absolute atomic E-state index is 13.3. The number of aryl methyl sites for hydroxylation is 3. The molecule has 1 saturated heterocycles. The number of hydrogen-bond acceptors (Lipinski definition) is 4. The summed E-state index contributed by atoms with van der Waals surface area (Å²) in [5.41, 5.74) is 5.20. The number of fused-ring (bicyclic) bond motifs is 1. The molecule has 1 fully saturated rings. The average molecular weight is 405 g/mol. The summed E-state index contributed by atoms with van der Waals surface area (Å²) in [5.74, 6) is 0.233. The standard InChI is InChI=1S/C24H28N4O2/c1-16-13-17(2)22(18(3)14-16)26-21(29)15-28-20-10-6-5-9-19(20)25-23(24(28)30)27-11-7-4-8-12-27/h5-6,9-10,13-14H,4,7-8,11-12,15H2,1-3H3,(H,26,29). The molecule has 1 amide bonds. The molecule has 1 aliphatic rings. The minimum atomic E-state index is -0.215. The van der Waals surface area contributed by atoms with Crippen molar-refractivity contribution in [3.8, 4) is 0 Å². The van der Waals surface area contributed by atoms with E-state index in [1.165, 1.54) is 6.42 Å². The molecule has 0 bridgehead atoms. The van der Waals surface area contributed by atoms with Crippen molar-refractivity contribution in [2.75, 3.05) is 23.3 Å². The van der Waals surface area contributed by atoms with Crippen molar-refractivity contribution < 1.29 is 4.79 Å². The van der Waals surface area contributed by atoms with Crippen molar-refractivity contribution in [3.05, 3.63) is 63.4 Å². The minimum absolute atomic E-state index is 0.0462. The Kier molecular flexibility index (Phi) is 5.57. The Bertz CT molecular complexity index is 1140. The molecule has 6 nitrogen and oxygen atoms in total. The van der Waals surface area contributed by atoms with Gasteiger partial charge in [-0.05, 0) is 63.3 Å². The maximum Gasteiger partial charge on any atom is 0.294 e. The van der Waals surface area contributed by atoms with Crippen LogP contribution < -0.4 is 15.8 Å². The average Bonchev–Trinajstić information content (AvgIpc) is 2.73. The van der Waals surface area contributed by atoms with Gasteiger partial charge in [-0.15, -0.1) is 0 Å². The molecule has 1 N–H and O–H groups in total. The predicted octanol–water partition coefficient (Wildman–Crippen LogP) is 3.95. The number of amides is 1. The molecule has 6 heteroatoms. The molecule has 1 aromatic heterocycles. The zero-order valence-corrected chi connectivity index (χ0v) is 17.9. The molecule has 0 unspecified atom stereocenters. The van der Waals surface area contributed by atoms with Gasteiger partial charge in [-0.1, -0.05) is 29.8 Å². The summed E-state index contributed by atoms with van der Waals surface area (Å²) in [5, 5.41) is 3.01. The van der Waals surface area contributed by atoms with Gasteiger partial charge in [0.1, 0.15) is 6.54 Å². The predicted molar refractivity (Wildman–Crippen MR) is 121 cm³/mol. The van der Waals surface area contributed by atoms with Crippen LogP contribution in [0.15, 0.2) is 41.2 Å². The molecule has 0 aliphatic carbocycles. The van der Waals surface area contributed by atoms with Gasteiger partial charge in [0.2, 0.25) is 5.91 Å². The molecule has 3 aromatic rings. The van der Waals surface area contributed by atoms with E-state index < -0.39 is 0 Å². The fourth-order valence-corrected chi connectivity index (χ4v) is 4.35. The number of nitrogens with one attached hydrogen (secondary N) is 1. The van der Waals surface area contributed by atoms with Crippen molar-refractivity contribution in [3.63, 3.8) is 0 Å². The highest BCUT2D eigenvalue weighted by Crippen LogP contribution is 2.22. The molecule has 0 saturated carbocycles. The summed E-state index contributed by atoms with van der Waals surface area (Å²) >= 11 is 0. The summed E-state index contributed by atoms with van der Waals surface area (Å²) < 4.78 is 1.56. The molecule has 2 heterocycles. The number of piperidine rings is 1. The number of benzene rings is 2. The molecular formula is C24H28N4O2. The van der Waals surface area contributed by atoms with Crippen LogP contribution in [0, 0.1) is 20.8 Å². The van der Waals surface area contributed by atoms with Gasteiger partial charge >= 0.3 is 0 Å². The van der Waals surface area contributed by atoms with E-state index in [2.05, 4.69) is 15.2 Å². The normalized spacial score (nSPS) is 14.2. The van der Waals surface area contributed by atoms with Crippen LogP contribution in [0.4, 0.5) is 11.5 Å². The van der Waals surface area contributed by atoms with Crippen molar-refractivity contribution in [1.82, 2.24) is 9.55 Å². The van der Waals surface area contributed by atoms with Gasteiger partial charge in [0.15, 0.2) is 5.82 Å². The zero-order valence-electron chi connectivity index (χ0n) is 17.9. The number of anilines is 2. The summed E-state index contributed by atoms with van der Waals surface area (Å²) in [7, 11) is 0. The monoisotopic (exact) mass is 404 g/mol. The Hall–Kier alpha value is -3.15. The number of carbonyl (C=O) groups is 1. The van der Waals surface area contributed by atoms with E-state index in [1.807, 2.05) is 57.2 Å². The van der Waals surface area contributed by atoms with Crippen LogP contribution in [-0.4, -0.2) is 28.5 Å². The van der Waals surface area contributed by atoms with Gasteiger partial charge in [0.25, 0.3) is 5.56 Å². The Balaban J connectivity index is 1.70.